The zero-order chi connectivity index (χ0) is 12.7. The summed E-state index contributed by atoms with van der Waals surface area (Å²) in [5.74, 6) is -0.219. The highest BCUT2D eigenvalue weighted by atomic mass is 16.5. The molecule has 1 aliphatic rings. The number of ether oxygens (including phenoxy) is 1. The Morgan fingerprint density at radius 1 is 1.59 bits per heavy atom. The summed E-state index contributed by atoms with van der Waals surface area (Å²) < 4.78 is 5.18. The van der Waals surface area contributed by atoms with Crippen molar-refractivity contribution in [3.63, 3.8) is 0 Å². The van der Waals surface area contributed by atoms with Gasteiger partial charge in [0, 0.05) is 25.9 Å². The zero-order valence-corrected chi connectivity index (χ0v) is 10.2. The van der Waals surface area contributed by atoms with Gasteiger partial charge in [-0.15, -0.1) is 0 Å². The molecule has 1 aliphatic heterocycles. The molecule has 5 nitrogen and oxygen atoms in total. The number of nitrogens with zero attached hydrogens (tertiary/aromatic N) is 1. The standard InChI is InChI=1S/C12H20N2O3/c1-2-10(3-6-15)14-11(16)12(9-13)4-7-17-8-5-12/h10,15H,2-8H2,1H3,(H,14,16). The second kappa shape index (κ2) is 6.58. The lowest BCUT2D eigenvalue weighted by molar-refractivity contribution is -0.133. The molecule has 1 atom stereocenters. The van der Waals surface area contributed by atoms with Crippen LogP contribution in [0, 0.1) is 16.7 Å². The fraction of sp³-hybridized carbons (Fsp3) is 0.833. The predicted octanol–water partition coefficient (Wildman–Crippen LogP) is 0.584. The average Bonchev–Trinajstić information content (AvgIpc) is 2.38. The number of nitriles is 1. The summed E-state index contributed by atoms with van der Waals surface area (Å²) >= 11 is 0. The maximum absolute atomic E-state index is 12.1. The molecule has 1 amide bonds. The molecule has 2 N–H and O–H groups in total. The molecular formula is C12H20N2O3. The molecule has 17 heavy (non-hydrogen) atoms. The van der Waals surface area contributed by atoms with Gasteiger partial charge < -0.3 is 15.2 Å². The third-order valence-corrected chi connectivity index (χ3v) is 3.30. The van der Waals surface area contributed by atoms with Crippen LogP contribution in [0.2, 0.25) is 0 Å². The van der Waals surface area contributed by atoms with Crippen LogP contribution < -0.4 is 5.32 Å². The lowest BCUT2D eigenvalue weighted by atomic mass is 9.80. The van der Waals surface area contributed by atoms with E-state index in [0.29, 0.717) is 32.5 Å². The Balaban J connectivity index is 2.63. The molecule has 1 heterocycles. The van der Waals surface area contributed by atoms with Gasteiger partial charge in [-0.1, -0.05) is 6.92 Å². The van der Waals surface area contributed by atoms with E-state index < -0.39 is 5.41 Å². The van der Waals surface area contributed by atoms with Crippen LogP contribution >= 0.6 is 0 Å². The summed E-state index contributed by atoms with van der Waals surface area (Å²) in [6.07, 6.45) is 2.18. The number of carbonyl (C=O) groups is 1. The first kappa shape index (κ1) is 13.9. The Kier molecular flexibility index (Phi) is 5.39. The molecular weight excluding hydrogens is 220 g/mol. The smallest absolute Gasteiger partial charge is 0.240 e. The van der Waals surface area contributed by atoms with Crippen LogP contribution in [0.1, 0.15) is 32.6 Å². The highest BCUT2D eigenvalue weighted by Gasteiger charge is 2.40. The van der Waals surface area contributed by atoms with E-state index in [4.69, 9.17) is 9.84 Å². The van der Waals surface area contributed by atoms with E-state index >= 15 is 0 Å². The van der Waals surface area contributed by atoms with Gasteiger partial charge in [0.05, 0.1) is 6.07 Å². The molecule has 1 rings (SSSR count). The van der Waals surface area contributed by atoms with E-state index in [1.54, 1.807) is 0 Å². The molecule has 0 radical (unpaired) electrons. The van der Waals surface area contributed by atoms with Crippen LogP contribution in [-0.2, 0) is 9.53 Å². The van der Waals surface area contributed by atoms with E-state index in [1.165, 1.54) is 0 Å². The molecule has 1 unspecified atom stereocenters. The molecule has 0 aliphatic carbocycles. The van der Waals surface area contributed by atoms with Crippen molar-refractivity contribution in [1.29, 1.82) is 5.26 Å². The number of amides is 1. The van der Waals surface area contributed by atoms with Crippen molar-refractivity contribution in [3.05, 3.63) is 0 Å². The number of hydrogen-bond donors (Lipinski definition) is 2. The van der Waals surface area contributed by atoms with Gasteiger partial charge in [-0.05, 0) is 25.7 Å². The van der Waals surface area contributed by atoms with Crippen molar-refractivity contribution in [2.75, 3.05) is 19.8 Å². The second-order valence-corrected chi connectivity index (χ2v) is 4.40. The monoisotopic (exact) mass is 240 g/mol. The molecule has 96 valence electrons. The topological polar surface area (TPSA) is 82.4 Å². The summed E-state index contributed by atoms with van der Waals surface area (Å²) in [5, 5.41) is 20.9. The number of hydrogen-bond acceptors (Lipinski definition) is 4. The maximum Gasteiger partial charge on any atom is 0.240 e. The normalized spacial score (nSPS) is 20.3. The predicted molar refractivity (Wildman–Crippen MR) is 62.0 cm³/mol. The van der Waals surface area contributed by atoms with Gasteiger partial charge in [-0.25, -0.2) is 0 Å². The molecule has 0 aromatic carbocycles. The highest BCUT2D eigenvalue weighted by Crippen LogP contribution is 2.30. The number of aliphatic hydroxyl groups excluding tert-OH is 1. The van der Waals surface area contributed by atoms with E-state index in [9.17, 15) is 10.1 Å². The Morgan fingerprint density at radius 2 is 2.24 bits per heavy atom. The third-order valence-electron chi connectivity index (χ3n) is 3.30. The Morgan fingerprint density at radius 3 is 2.71 bits per heavy atom. The average molecular weight is 240 g/mol. The van der Waals surface area contributed by atoms with E-state index in [0.717, 1.165) is 6.42 Å². The second-order valence-electron chi connectivity index (χ2n) is 4.40. The first-order valence-corrected chi connectivity index (χ1v) is 6.09. The summed E-state index contributed by atoms with van der Waals surface area (Å²) in [5.41, 5.74) is -0.943. The summed E-state index contributed by atoms with van der Waals surface area (Å²) in [6, 6.07) is 2.08. The first-order valence-electron chi connectivity index (χ1n) is 6.09. The molecule has 5 heteroatoms. The highest BCUT2D eigenvalue weighted by molar-refractivity contribution is 5.85. The number of aliphatic hydroxyl groups is 1. The van der Waals surface area contributed by atoms with Crippen molar-refractivity contribution in [2.24, 2.45) is 5.41 Å². The Labute approximate surface area is 102 Å². The maximum atomic E-state index is 12.1. The quantitative estimate of drug-likeness (QED) is 0.736. The molecule has 0 saturated carbocycles. The van der Waals surface area contributed by atoms with Gasteiger partial charge in [-0.3, -0.25) is 4.79 Å². The lowest BCUT2D eigenvalue weighted by Crippen LogP contribution is -2.47. The molecule has 0 aromatic rings. The van der Waals surface area contributed by atoms with Crippen LogP contribution in [0.15, 0.2) is 0 Å². The van der Waals surface area contributed by atoms with Crippen LogP contribution in [0.5, 0.6) is 0 Å². The molecule has 0 aromatic heterocycles. The number of rotatable bonds is 5. The summed E-state index contributed by atoms with van der Waals surface area (Å²) in [4.78, 5) is 12.1. The molecule has 0 spiro atoms. The van der Waals surface area contributed by atoms with Gasteiger partial charge >= 0.3 is 0 Å². The van der Waals surface area contributed by atoms with Crippen LogP contribution in [0.4, 0.5) is 0 Å². The van der Waals surface area contributed by atoms with Crippen molar-refractivity contribution >= 4 is 5.91 Å². The minimum Gasteiger partial charge on any atom is -0.396 e. The molecule has 0 bridgehead atoms. The largest absolute Gasteiger partial charge is 0.396 e. The fourth-order valence-corrected chi connectivity index (χ4v) is 1.97. The Hall–Kier alpha value is -1.12. The van der Waals surface area contributed by atoms with Gasteiger partial charge in [0.25, 0.3) is 0 Å². The van der Waals surface area contributed by atoms with Gasteiger partial charge in [0.1, 0.15) is 5.41 Å². The van der Waals surface area contributed by atoms with E-state index in [-0.39, 0.29) is 18.6 Å². The van der Waals surface area contributed by atoms with Crippen LogP contribution in [0.25, 0.3) is 0 Å². The SMILES string of the molecule is CCC(CCO)NC(=O)C1(C#N)CCOCC1. The van der Waals surface area contributed by atoms with Crippen molar-refractivity contribution in [2.45, 2.75) is 38.6 Å². The number of nitrogens with one attached hydrogen (secondary N) is 1. The van der Waals surface area contributed by atoms with E-state index in [2.05, 4.69) is 11.4 Å². The van der Waals surface area contributed by atoms with Gasteiger partial charge in [0.15, 0.2) is 0 Å². The van der Waals surface area contributed by atoms with Crippen LogP contribution in [0.3, 0.4) is 0 Å². The first-order chi connectivity index (χ1) is 8.18. The molecule has 1 fully saturated rings. The van der Waals surface area contributed by atoms with Crippen LogP contribution in [-0.4, -0.2) is 36.9 Å². The van der Waals surface area contributed by atoms with Crippen molar-refractivity contribution < 1.29 is 14.6 Å². The summed E-state index contributed by atoms with van der Waals surface area (Å²) in [7, 11) is 0. The minimum atomic E-state index is -0.943. The van der Waals surface area contributed by atoms with Crippen molar-refractivity contribution in [3.8, 4) is 6.07 Å². The van der Waals surface area contributed by atoms with Crippen molar-refractivity contribution in [1.82, 2.24) is 5.32 Å². The lowest BCUT2D eigenvalue weighted by Gasteiger charge is -2.31. The minimum absolute atomic E-state index is 0.0431. The zero-order valence-electron chi connectivity index (χ0n) is 10.2. The van der Waals surface area contributed by atoms with Gasteiger partial charge in [-0.2, -0.15) is 5.26 Å². The fourth-order valence-electron chi connectivity index (χ4n) is 1.97. The van der Waals surface area contributed by atoms with E-state index in [1.807, 2.05) is 6.92 Å². The summed E-state index contributed by atoms with van der Waals surface area (Å²) in [6.45, 7) is 2.90. The molecule has 1 saturated heterocycles. The third kappa shape index (κ3) is 3.42. The Bertz CT molecular complexity index is 293. The van der Waals surface area contributed by atoms with Gasteiger partial charge in [0.2, 0.25) is 5.91 Å². The number of carbonyl (C=O) groups excluding carboxylic acids is 1.